The van der Waals surface area contributed by atoms with E-state index in [4.69, 9.17) is 11.6 Å². The van der Waals surface area contributed by atoms with E-state index in [1.165, 1.54) is 6.07 Å². The highest BCUT2D eigenvalue weighted by molar-refractivity contribution is 7.77. The number of fused-ring (bicyclic) bond motifs is 1. The Labute approximate surface area is 194 Å². The number of anilines is 1. The minimum atomic E-state index is -2.68. The molecule has 168 valence electrons. The van der Waals surface area contributed by atoms with Crippen molar-refractivity contribution in [2.75, 3.05) is 30.3 Å². The number of rotatable bonds is 4. The third kappa shape index (κ3) is 4.34. The lowest BCUT2D eigenvalue weighted by Crippen LogP contribution is -2.40. The van der Waals surface area contributed by atoms with Crippen molar-refractivity contribution in [1.29, 1.82) is 0 Å². The van der Waals surface area contributed by atoms with Gasteiger partial charge in [-0.05, 0) is 41.4 Å². The monoisotopic (exact) mass is 484 g/mol. The fourth-order valence-electron chi connectivity index (χ4n) is 4.25. The topological polar surface area (TPSA) is 95.0 Å². The van der Waals surface area contributed by atoms with Crippen molar-refractivity contribution in [2.24, 2.45) is 0 Å². The fourth-order valence-corrected chi connectivity index (χ4v) is 7.13. The number of hydrogen-bond acceptors (Lipinski definition) is 6. The van der Waals surface area contributed by atoms with Crippen molar-refractivity contribution in [3.05, 3.63) is 87.4 Å². The van der Waals surface area contributed by atoms with Gasteiger partial charge in [0, 0.05) is 18.0 Å². The number of halogens is 2. The summed E-state index contributed by atoms with van der Waals surface area (Å²) in [5.41, 5.74) is 1.28. The minimum Gasteiger partial charge on any atom is -0.349 e. The van der Waals surface area contributed by atoms with Crippen LogP contribution in [0.1, 0.15) is 11.3 Å². The van der Waals surface area contributed by atoms with Crippen molar-refractivity contribution >= 4 is 41.0 Å². The molecule has 4 aromatic rings. The Morgan fingerprint density at radius 1 is 1.12 bits per heavy atom. The molecule has 3 heterocycles. The molecule has 1 aliphatic heterocycles. The van der Waals surface area contributed by atoms with Gasteiger partial charge in [-0.25, -0.2) is 24.4 Å². The van der Waals surface area contributed by atoms with Gasteiger partial charge in [0.25, 0.3) is 5.56 Å². The van der Waals surface area contributed by atoms with Gasteiger partial charge < -0.3 is 4.90 Å². The molecule has 5 rings (SSSR count). The van der Waals surface area contributed by atoms with Crippen molar-refractivity contribution in [1.82, 2.24) is 20.2 Å². The van der Waals surface area contributed by atoms with Crippen molar-refractivity contribution in [3.63, 3.8) is 0 Å². The zero-order valence-electron chi connectivity index (χ0n) is 17.6. The van der Waals surface area contributed by atoms with Crippen LogP contribution in [0.15, 0.2) is 59.5 Å². The number of H-pyrrole nitrogens is 1. The summed E-state index contributed by atoms with van der Waals surface area (Å²) in [6.45, 7) is 1.10. The lowest BCUT2D eigenvalue weighted by atomic mass is 10.0. The van der Waals surface area contributed by atoms with Gasteiger partial charge in [0.1, 0.15) is 18.1 Å². The summed E-state index contributed by atoms with van der Waals surface area (Å²) in [5, 5.41) is 8.64. The highest BCUT2D eigenvalue weighted by Gasteiger charge is 2.45. The van der Waals surface area contributed by atoms with Crippen molar-refractivity contribution < 1.29 is 9.28 Å². The molecular formula is C23H21ClFN5O2P+. The molecule has 0 bridgehead atoms. The highest BCUT2D eigenvalue weighted by atomic mass is 35.5. The van der Waals surface area contributed by atoms with Crippen LogP contribution < -0.4 is 15.8 Å². The first kappa shape index (κ1) is 21.9. The molecule has 10 heteroatoms. The fraction of sp³-hybridized carbons (Fsp3) is 0.217. The number of aromatic nitrogens is 4. The van der Waals surface area contributed by atoms with E-state index in [0.717, 1.165) is 10.9 Å². The average molecular weight is 485 g/mol. The second kappa shape index (κ2) is 8.78. The maximum Gasteiger partial charge on any atom is 0.272 e. The molecule has 0 spiro atoms. The van der Waals surface area contributed by atoms with E-state index in [1.54, 1.807) is 36.5 Å². The molecule has 1 saturated heterocycles. The number of aromatic amines is 1. The Balaban J connectivity index is 1.40. The second-order valence-electron chi connectivity index (χ2n) is 8.05. The average Bonchev–Trinajstić information content (AvgIpc) is 2.82. The lowest BCUT2D eigenvalue weighted by Gasteiger charge is -2.33. The summed E-state index contributed by atoms with van der Waals surface area (Å²) < 4.78 is 14.9. The van der Waals surface area contributed by atoms with Gasteiger partial charge in [-0.1, -0.05) is 24.3 Å². The summed E-state index contributed by atoms with van der Waals surface area (Å²) in [7, 11) is -2.68. The predicted octanol–water partition coefficient (Wildman–Crippen LogP) is 3.17. The standard InChI is InChI=1S/C23H20ClFN5O2P/c24-23-26-8-7-21(27-23)30-9-11-33(32,12-10-30)20-14-15(5-6-18(20)25)13-19-16-3-1-2-4-17(16)22(31)29-28-19/h1-8,14,32H,9-13H2/p+1. The second-order valence-corrected chi connectivity index (χ2v) is 11.6. The van der Waals surface area contributed by atoms with Gasteiger partial charge in [-0.15, -0.1) is 0 Å². The van der Waals surface area contributed by atoms with Gasteiger partial charge in [-0.3, -0.25) is 4.79 Å². The molecule has 2 aromatic heterocycles. The van der Waals surface area contributed by atoms with Gasteiger partial charge in [-0.2, -0.15) is 5.10 Å². The van der Waals surface area contributed by atoms with Gasteiger partial charge in [0.05, 0.1) is 24.2 Å². The zero-order valence-corrected chi connectivity index (χ0v) is 19.2. The third-order valence-corrected chi connectivity index (χ3v) is 9.32. The Morgan fingerprint density at radius 3 is 2.64 bits per heavy atom. The smallest absolute Gasteiger partial charge is 0.272 e. The molecule has 7 nitrogen and oxygen atoms in total. The maximum atomic E-state index is 14.9. The van der Waals surface area contributed by atoms with Gasteiger partial charge >= 0.3 is 0 Å². The Kier molecular flexibility index (Phi) is 5.83. The minimum absolute atomic E-state index is 0.172. The van der Waals surface area contributed by atoms with Crippen LogP contribution in [0.3, 0.4) is 0 Å². The van der Waals surface area contributed by atoms with Crippen molar-refractivity contribution in [3.8, 4) is 0 Å². The van der Waals surface area contributed by atoms with Crippen LogP contribution in [0, 0.1) is 5.82 Å². The van der Waals surface area contributed by atoms with Crippen LogP contribution in [0.2, 0.25) is 5.28 Å². The maximum absolute atomic E-state index is 14.9. The summed E-state index contributed by atoms with van der Waals surface area (Å²) in [6, 6.07) is 13.9. The van der Waals surface area contributed by atoms with E-state index >= 15 is 0 Å². The van der Waals surface area contributed by atoms with E-state index < -0.39 is 13.3 Å². The van der Waals surface area contributed by atoms with E-state index in [0.29, 0.717) is 54.0 Å². The number of hydrogen-bond donors (Lipinski definition) is 2. The van der Waals surface area contributed by atoms with Crippen LogP contribution in [-0.4, -0.2) is 50.5 Å². The molecule has 0 amide bonds. The first-order valence-electron chi connectivity index (χ1n) is 10.5. The molecule has 0 radical (unpaired) electrons. The van der Waals surface area contributed by atoms with Crippen molar-refractivity contribution in [2.45, 2.75) is 6.42 Å². The Hall–Kier alpha value is -2.93. The normalized spacial score (nSPS) is 15.7. The zero-order chi connectivity index (χ0) is 23.0. The number of benzene rings is 2. The van der Waals surface area contributed by atoms with E-state index in [1.807, 2.05) is 17.0 Å². The first-order chi connectivity index (χ1) is 15.9. The molecule has 1 aliphatic rings. The van der Waals surface area contributed by atoms with Crippen LogP contribution >= 0.6 is 19.1 Å². The molecule has 0 atom stereocenters. The van der Waals surface area contributed by atoms with Gasteiger partial charge in [0.2, 0.25) is 5.28 Å². The molecule has 2 aromatic carbocycles. The summed E-state index contributed by atoms with van der Waals surface area (Å²) in [6.07, 6.45) is 2.91. The summed E-state index contributed by atoms with van der Waals surface area (Å²) >= 11 is 5.90. The van der Waals surface area contributed by atoms with Crippen LogP contribution in [0.5, 0.6) is 0 Å². The Bertz CT molecular complexity index is 1390. The van der Waals surface area contributed by atoms with Crippen LogP contribution in [0.25, 0.3) is 10.8 Å². The third-order valence-electron chi connectivity index (χ3n) is 6.02. The van der Waals surface area contributed by atoms with Crippen LogP contribution in [-0.2, 0) is 6.42 Å². The highest BCUT2D eigenvalue weighted by Crippen LogP contribution is 2.55. The molecule has 33 heavy (non-hydrogen) atoms. The quantitative estimate of drug-likeness (QED) is 0.341. The molecule has 0 saturated carbocycles. The predicted molar refractivity (Wildman–Crippen MR) is 129 cm³/mol. The van der Waals surface area contributed by atoms with E-state index in [9.17, 15) is 14.1 Å². The largest absolute Gasteiger partial charge is 0.349 e. The Morgan fingerprint density at radius 2 is 1.88 bits per heavy atom. The van der Waals surface area contributed by atoms with E-state index in [-0.39, 0.29) is 10.8 Å². The number of nitrogens with zero attached hydrogens (tertiary/aromatic N) is 4. The number of nitrogens with one attached hydrogen (secondary N) is 1. The molecule has 0 aliphatic carbocycles. The van der Waals surface area contributed by atoms with Gasteiger partial charge in [0.15, 0.2) is 18.6 Å². The molecule has 1 fully saturated rings. The van der Waals surface area contributed by atoms with E-state index in [2.05, 4.69) is 20.2 Å². The molecule has 0 unspecified atom stereocenters. The lowest BCUT2D eigenvalue weighted by molar-refractivity contribution is 0.586. The summed E-state index contributed by atoms with van der Waals surface area (Å²) in [5.74, 6) is 0.305. The first-order valence-corrected chi connectivity index (χ1v) is 13.0. The summed E-state index contributed by atoms with van der Waals surface area (Å²) in [4.78, 5) is 33.7. The SMILES string of the molecule is O=c1[nH]nc(Cc2ccc(F)c([P+]3(O)CCN(c4ccnc(Cl)n4)CC3)c2)c2ccccc12. The molecular weight excluding hydrogens is 464 g/mol. The van der Waals surface area contributed by atoms with Crippen LogP contribution in [0.4, 0.5) is 10.2 Å². The molecule has 2 N–H and O–H groups in total.